The number of amides is 3. The summed E-state index contributed by atoms with van der Waals surface area (Å²) < 4.78 is 13.1. The lowest BCUT2D eigenvalue weighted by Crippen LogP contribution is -2.51. The Labute approximate surface area is 182 Å². The number of anilines is 2. The highest BCUT2D eigenvalue weighted by Crippen LogP contribution is 2.24. The van der Waals surface area contributed by atoms with Crippen molar-refractivity contribution in [2.45, 2.75) is 19.8 Å². The van der Waals surface area contributed by atoms with Crippen molar-refractivity contribution in [1.82, 2.24) is 9.80 Å². The second-order valence-electron chi connectivity index (χ2n) is 8.43. The van der Waals surface area contributed by atoms with Crippen molar-refractivity contribution in [2.75, 3.05) is 49.5 Å². The van der Waals surface area contributed by atoms with Crippen LogP contribution in [0.5, 0.6) is 0 Å². The van der Waals surface area contributed by atoms with Crippen LogP contribution in [0.2, 0.25) is 0 Å². The third kappa shape index (κ3) is 5.16. The molecule has 1 N–H and O–H groups in total. The highest BCUT2D eigenvalue weighted by molar-refractivity contribution is 5.94. The second kappa shape index (κ2) is 9.37. The molecule has 2 aromatic rings. The zero-order valence-corrected chi connectivity index (χ0v) is 17.9. The number of hydrogen-bond acceptors (Lipinski definition) is 3. The van der Waals surface area contributed by atoms with Crippen molar-refractivity contribution in [2.24, 2.45) is 5.92 Å². The van der Waals surface area contributed by atoms with Gasteiger partial charge in [-0.15, -0.1) is 0 Å². The van der Waals surface area contributed by atoms with Gasteiger partial charge in [-0.05, 0) is 67.3 Å². The Hall–Kier alpha value is -3.09. The maximum absolute atomic E-state index is 13.1. The summed E-state index contributed by atoms with van der Waals surface area (Å²) in [6.07, 6.45) is 2.43. The van der Waals surface area contributed by atoms with E-state index in [1.165, 1.54) is 42.8 Å². The predicted octanol–water partition coefficient (Wildman–Crippen LogP) is 4.05. The third-order valence-corrected chi connectivity index (χ3v) is 6.21. The molecule has 3 amide bonds. The SMILES string of the molecule is CC1CCN(c2ccc(NC(=O)N3CCN(C(=O)c4ccc(F)cc4)CC3)cc2)CC1. The minimum absolute atomic E-state index is 0.136. The van der Waals surface area contributed by atoms with Crippen molar-refractivity contribution in [3.05, 3.63) is 59.9 Å². The van der Waals surface area contributed by atoms with E-state index in [1.54, 1.807) is 9.80 Å². The molecule has 0 unspecified atom stereocenters. The number of carbonyl (C=O) groups excluding carboxylic acids is 2. The number of piperazine rings is 1. The summed E-state index contributed by atoms with van der Waals surface area (Å²) in [4.78, 5) is 31.0. The summed E-state index contributed by atoms with van der Waals surface area (Å²) in [5.41, 5.74) is 2.42. The van der Waals surface area contributed by atoms with Crippen LogP contribution < -0.4 is 10.2 Å². The van der Waals surface area contributed by atoms with Crippen LogP contribution in [0.4, 0.5) is 20.6 Å². The molecule has 0 saturated carbocycles. The maximum atomic E-state index is 13.1. The van der Waals surface area contributed by atoms with Crippen molar-refractivity contribution in [1.29, 1.82) is 0 Å². The number of carbonyl (C=O) groups is 2. The number of nitrogens with one attached hydrogen (secondary N) is 1. The van der Waals surface area contributed by atoms with Gasteiger partial charge < -0.3 is 20.0 Å². The van der Waals surface area contributed by atoms with Gasteiger partial charge in [0, 0.05) is 56.2 Å². The zero-order chi connectivity index (χ0) is 21.8. The lowest BCUT2D eigenvalue weighted by Gasteiger charge is -2.35. The first kappa shape index (κ1) is 21.2. The summed E-state index contributed by atoms with van der Waals surface area (Å²) in [6, 6.07) is 13.4. The molecule has 2 aromatic carbocycles. The highest BCUT2D eigenvalue weighted by atomic mass is 19.1. The average Bonchev–Trinajstić information content (AvgIpc) is 2.80. The molecule has 0 radical (unpaired) electrons. The van der Waals surface area contributed by atoms with E-state index in [0.29, 0.717) is 31.7 Å². The largest absolute Gasteiger partial charge is 0.372 e. The third-order valence-electron chi connectivity index (χ3n) is 6.21. The maximum Gasteiger partial charge on any atom is 0.321 e. The fraction of sp³-hybridized carbons (Fsp3) is 0.417. The Morgan fingerprint density at radius 1 is 0.839 bits per heavy atom. The van der Waals surface area contributed by atoms with Crippen LogP contribution in [0, 0.1) is 11.7 Å². The van der Waals surface area contributed by atoms with Crippen molar-refractivity contribution in [3.8, 4) is 0 Å². The lowest BCUT2D eigenvalue weighted by atomic mass is 9.99. The quantitative estimate of drug-likeness (QED) is 0.809. The average molecular weight is 425 g/mol. The van der Waals surface area contributed by atoms with Crippen molar-refractivity contribution < 1.29 is 14.0 Å². The summed E-state index contributed by atoms with van der Waals surface area (Å²) in [5, 5.41) is 2.95. The molecular formula is C24H29FN4O2. The molecule has 2 aliphatic heterocycles. The summed E-state index contributed by atoms with van der Waals surface area (Å²) in [6.45, 7) is 6.29. The van der Waals surface area contributed by atoms with Gasteiger partial charge in [0.05, 0.1) is 0 Å². The van der Waals surface area contributed by atoms with Gasteiger partial charge in [0.2, 0.25) is 0 Å². The van der Waals surface area contributed by atoms with Crippen molar-refractivity contribution >= 4 is 23.3 Å². The first-order valence-corrected chi connectivity index (χ1v) is 11.0. The minimum atomic E-state index is -0.364. The van der Waals surface area contributed by atoms with E-state index in [4.69, 9.17) is 0 Å². The van der Waals surface area contributed by atoms with E-state index in [0.717, 1.165) is 24.7 Å². The van der Waals surface area contributed by atoms with Crippen LogP contribution in [-0.2, 0) is 0 Å². The van der Waals surface area contributed by atoms with Crippen LogP contribution in [0.1, 0.15) is 30.1 Å². The molecule has 0 atom stereocenters. The Morgan fingerprint density at radius 2 is 1.42 bits per heavy atom. The fourth-order valence-corrected chi connectivity index (χ4v) is 4.11. The van der Waals surface area contributed by atoms with Gasteiger partial charge >= 0.3 is 6.03 Å². The van der Waals surface area contributed by atoms with Crippen LogP contribution in [-0.4, -0.2) is 61.0 Å². The van der Waals surface area contributed by atoms with Gasteiger partial charge in [0.15, 0.2) is 0 Å². The first-order valence-electron chi connectivity index (χ1n) is 11.0. The molecule has 7 heteroatoms. The van der Waals surface area contributed by atoms with Crippen LogP contribution in [0.3, 0.4) is 0 Å². The molecule has 6 nitrogen and oxygen atoms in total. The van der Waals surface area contributed by atoms with Crippen molar-refractivity contribution in [3.63, 3.8) is 0 Å². The molecule has 2 fully saturated rings. The predicted molar refractivity (Wildman–Crippen MR) is 120 cm³/mol. The van der Waals surface area contributed by atoms with Crippen LogP contribution >= 0.6 is 0 Å². The normalized spacial score (nSPS) is 17.5. The molecule has 31 heavy (non-hydrogen) atoms. The van der Waals surface area contributed by atoms with Gasteiger partial charge in [-0.3, -0.25) is 4.79 Å². The Bertz CT molecular complexity index is 900. The Balaban J connectivity index is 1.27. The first-order chi connectivity index (χ1) is 15.0. The smallest absolute Gasteiger partial charge is 0.321 e. The van der Waals surface area contributed by atoms with E-state index in [9.17, 15) is 14.0 Å². The Morgan fingerprint density at radius 3 is 2.03 bits per heavy atom. The number of urea groups is 1. The number of piperidine rings is 1. The van der Waals surface area contributed by atoms with E-state index in [1.807, 2.05) is 12.1 Å². The van der Waals surface area contributed by atoms with Gasteiger partial charge in [0.25, 0.3) is 5.91 Å². The number of nitrogens with zero attached hydrogens (tertiary/aromatic N) is 3. The molecule has 4 rings (SSSR count). The molecule has 0 aromatic heterocycles. The topological polar surface area (TPSA) is 55.9 Å². The molecule has 0 spiro atoms. The second-order valence-corrected chi connectivity index (χ2v) is 8.43. The van der Waals surface area contributed by atoms with Crippen LogP contribution in [0.15, 0.2) is 48.5 Å². The van der Waals surface area contributed by atoms with Gasteiger partial charge in [-0.1, -0.05) is 6.92 Å². The number of hydrogen-bond donors (Lipinski definition) is 1. The van der Waals surface area contributed by atoms with E-state index < -0.39 is 0 Å². The minimum Gasteiger partial charge on any atom is -0.372 e. The highest BCUT2D eigenvalue weighted by Gasteiger charge is 2.25. The molecule has 0 bridgehead atoms. The standard InChI is InChI=1S/C24H29FN4O2/c1-18-10-12-27(13-11-18)22-8-6-21(7-9-22)26-24(31)29-16-14-28(15-17-29)23(30)19-2-4-20(25)5-3-19/h2-9,18H,10-17H2,1H3,(H,26,31). The number of benzene rings is 2. The van der Waals surface area contributed by atoms with E-state index in [2.05, 4.69) is 29.3 Å². The molecule has 2 aliphatic rings. The van der Waals surface area contributed by atoms with Gasteiger partial charge in [-0.25, -0.2) is 9.18 Å². The molecule has 2 heterocycles. The molecule has 164 valence electrons. The Kier molecular flexibility index (Phi) is 6.39. The fourth-order valence-electron chi connectivity index (χ4n) is 4.11. The summed E-state index contributed by atoms with van der Waals surface area (Å²) in [5.74, 6) is 0.292. The van der Waals surface area contributed by atoms with Crippen LogP contribution in [0.25, 0.3) is 0 Å². The molecule has 2 saturated heterocycles. The monoisotopic (exact) mass is 424 g/mol. The van der Waals surface area contributed by atoms with E-state index in [-0.39, 0.29) is 17.8 Å². The van der Waals surface area contributed by atoms with Gasteiger partial charge in [0.1, 0.15) is 5.82 Å². The lowest BCUT2D eigenvalue weighted by molar-refractivity contribution is 0.0671. The number of rotatable bonds is 3. The molecule has 0 aliphatic carbocycles. The summed E-state index contributed by atoms with van der Waals surface area (Å²) >= 11 is 0. The number of halogens is 1. The molecular weight excluding hydrogens is 395 g/mol. The summed E-state index contributed by atoms with van der Waals surface area (Å²) in [7, 11) is 0. The van der Waals surface area contributed by atoms with E-state index >= 15 is 0 Å². The zero-order valence-electron chi connectivity index (χ0n) is 17.9. The van der Waals surface area contributed by atoms with Gasteiger partial charge in [-0.2, -0.15) is 0 Å².